The number of carboxylic acids is 1. The Morgan fingerprint density at radius 2 is 0.810 bits per heavy atom. The van der Waals surface area contributed by atoms with Gasteiger partial charge in [0.15, 0.2) is 0 Å². The second-order valence-corrected chi connectivity index (χ2v) is 19.0. The monoisotopic (exact) mass is 844 g/mol. The van der Waals surface area contributed by atoms with Crippen molar-refractivity contribution in [2.75, 3.05) is 0 Å². The number of nitrogens with two attached hydrogens (primary N) is 1. The maximum absolute atomic E-state index is 12.6. The van der Waals surface area contributed by atoms with Gasteiger partial charge in [-0.05, 0) is 149 Å². The minimum Gasteiger partial charge on any atom is -0.480 e. The third kappa shape index (κ3) is 20.0. The summed E-state index contributed by atoms with van der Waals surface area (Å²) in [6.45, 7) is 10.7. The van der Waals surface area contributed by atoms with Crippen molar-refractivity contribution in [1.82, 2.24) is 10.6 Å². The number of halogens is 1. The molecule has 5 saturated carbocycles. The zero-order valence-corrected chi connectivity index (χ0v) is 37.3. The van der Waals surface area contributed by atoms with Gasteiger partial charge in [-0.3, -0.25) is 4.79 Å². The molecule has 0 saturated heterocycles. The van der Waals surface area contributed by atoms with Crippen molar-refractivity contribution in [3.8, 4) is 0 Å². The normalized spacial score (nSPS) is 21.6. The van der Waals surface area contributed by atoms with E-state index in [1.54, 1.807) is 20.8 Å². The molecule has 5 aliphatic carbocycles. The highest BCUT2D eigenvalue weighted by Gasteiger charge is 2.36. The maximum Gasteiger partial charge on any atom is 0.408 e. The molecule has 5 N–H and O–H groups in total. The zero-order valence-electron chi connectivity index (χ0n) is 36.5. The predicted octanol–water partition coefficient (Wildman–Crippen LogP) is 9.29. The van der Waals surface area contributed by atoms with Crippen LogP contribution in [0.1, 0.15) is 189 Å². The van der Waals surface area contributed by atoms with Crippen molar-refractivity contribution in [2.45, 2.75) is 231 Å². The molecule has 336 valence electrons. The predicted molar refractivity (Wildman–Crippen MR) is 226 cm³/mol. The average Bonchev–Trinajstić information content (AvgIpc) is 3.87. The maximum atomic E-state index is 12.6. The van der Waals surface area contributed by atoms with Gasteiger partial charge in [0.25, 0.3) is 0 Å². The number of hydrogen-bond acceptors (Lipinski definition) is 10. The quantitative estimate of drug-likeness (QED) is 0.121. The Morgan fingerprint density at radius 1 is 0.500 bits per heavy atom. The number of nitrogens with one attached hydrogen (secondary N) is 2. The molecule has 0 aliphatic heterocycles. The fourth-order valence-corrected chi connectivity index (χ4v) is 8.73. The van der Waals surface area contributed by atoms with E-state index in [4.69, 9.17) is 24.7 Å². The van der Waals surface area contributed by atoms with E-state index < -0.39 is 41.4 Å². The molecule has 13 nitrogen and oxygen atoms in total. The molecular formula is C44H78ClN3O10. The Kier molecular flexibility index (Phi) is 22.8. The summed E-state index contributed by atoms with van der Waals surface area (Å²) in [5.74, 6) is -0.877. The van der Waals surface area contributed by atoms with Crippen molar-refractivity contribution >= 4 is 42.5 Å². The Hall–Kier alpha value is -2.80. The van der Waals surface area contributed by atoms with E-state index in [0.29, 0.717) is 5.92 Å². The number of carboxylic acid groups (broad SMARTS) is 1. The number of esters is 2. The minimum atomic E-state index is -0.979. The van der Waals surface area contributed by atoms with Crippen LogP contribution in [0.5, 0.6) is 0 Å². The first-order valence-electron chi connectivity index (χ1n) is 22.3. The molecule has 5 fully saturated rings. The molecule has 2 amide bonds. The number of rotatable bonds is 10. The van der Waals surface area contributed by atoms with Crippen molar-refractivity contribution in [3.63, 3.8) is 0 Å². The van der Waals surface area contributed by atoms with Gasteiger partial charge in [-0.2, -0.15) is 0 Å². The summed E-state index contributed by atoms with van der Waals surface area (Å²) >= 11 is 0. The number of hydrogen-bond donors (Lipinski definition) is 4. The zero-order chi connectivity index (χ0) is 42.0. The van der Waals surface area contributed by atoms with Crippen LogP contribution in [-0.2, 0) is 33.3 Å². The third-order valence-corrected chi connectivity index (χ3v) is 11.7. The Morgan fingerprint density at radius 3 is 1.17 bits per heavy atom. The van der Waals surface area contributed by atoms with Gasteiger partial charge in [0.1, 0.15) is 41.5 Å². The fourth-order valence-electron chi connectivity index (χ4n) is 8.73. The van der Waals surface area contributed by atoms with Gasteiger partial charge >= 0.3 is 30.1 Å². The summed E-state index contributed by atoms with van der Waals surface area (Å²) in [6, 6.07) is -1.79. The highest BCUT2D eigenvalue weighted by atomic mass is 35.5. The number of alkyl carbamates (subject to hydrolysis) is 2. The highest BCUT2D eigenvalue weighted by Crippen LogP contribution is 2.31. The molecular weight excluding hydrogens is 766 g/mol. The van der Waals surface area contributed by atoms with Gasteiger partial charge in [0.2, 0.25) is 0 Å². The van der Waals surface area contributed by atoms with Crippen LogP contribution in [-0.4, -0.2) is 76.7 Å². The van der Waals surface area contributed by atoms with E-state index in [1.807, 2.05) is 20.8 Å². The first-order valence-corrected chi connectivity index (χ1v) is 22.3. The topological polar surface area (TPSA) is 193 Å². The molecule has 0 aromatic heterocycles. The first kappa shape index (κ1) is 51.3. The Balaban J connectivity index is 0.000000303. The lowest BCUT2D eigenvalue weighted by Crippen LogP contribution is -2.49. The molecule has 0 radical (unpaired) electrons. The Bertz CT molecular complexity index is 1240. The van der Waals surface area contributed by atoms with E-state index in [2.05, 4.69) is 10.6 Å². The lowest BCUT2D eigenvalue weighted by molar-refractivity contribution is -0.153. The van der Waals surface area contributed by atoms with Crippen LogP contribution in [0.4, 0.5) is 9.59 Å². The van der Waals surface area contributed by atoms with Gasteiger partial charge in [-0.1, -0.05) is 57.8 Å². The van der Waals surface area contributed by atoms with Crippen LogP contribution >= 0.6 is 12.4 Å². The second kappa shape index (κ2) is 25.7. The van der Waals surface area contributed by atoms with Crippen LogP contribution in [0.15, 0.2) is 0 Å². The van der Waals surface area contributed by atoms with Crippen molar-refractivity contribution in [3.05, 3.63) is 0 Å². The molecule has 5 rings (SSSR count). The minimum absolute atomic E-state index is 0. The molecule has 0 aromatic rings. The molecule has 0 spiro atoms. The number of ether oxygens (including phenoxy) is 4. The molecule has 3 atom stereocenters. The van der Waals surface area contributed by atoms with E-state index in [1.165, 1.54) is 38.5 Å². The van der Waals surface area contributed by atoms with Gasteiger partial charge in [-0.15, -0.1) is 12.4 Å². The molecule has 58 heavy (non-hydrogen) atoms. The van der Waals surface area contributed by atoms with E-state index in [0.717, 1.165) is 109 Å². The molecule has 14 heteroatoms. The van der Waals surface area contributed by atoms with Crippen LogP contribution in [0, 0.1) is 17.8 Å². The average molecular weight is 845 g/mol. The number of aliphatic carboxylic acids is 1. The highest BCUT2D eigenvalue weighted by molar-refractivity contribution is 5.85. The molecule has 0 aromatic carbocycles. The molecule has 5 aliphatic rings. The summed E-state index contributed by atoms with van der Waals surface area (Å²) in [7, 11) is 0. The molecule has 0 heterocycles. The summed E-state index contributed by atoms with van der Waals surface area (Å²) < 4.78 is 21.5. The second-order valence-electron chi connectivity index (χ2n) is 19.0. The standard InChI is InChI=1S/C18H31NO4.C13H23NO4.C13H23NO2.ClH/c1-18(2,3)23-17(21)19-15(13-9-5-4-6-10-13)16(20)22-14-11-7-8-12-14;1-13(2,3)18-12(17)14-10(11(15)16)9-7-5-4-6-8-9;14-12(10-6-2-1-3-7-10)13(15)16-11-8-4-5-9-11;/h13-15H,4-12H2,1-3H3,(H,19,21);9-10H,4-8H2,1-3H3,(H,14,17)(H,15,16);10-12H,1-9,14H2;1H/t15-;10-;12-;/m000./s1. The largest absolute Gasteiger partial charge is 0.480 e. The van der Waals surface area contributed by atoms with E-state index >= 15 is 0 Å². The van der Waals surface area contributed by atoms with Gasteiger partial charge in [0, 0.05) is 0 Å². The van der Waals surface area contributed by atoms with Gasteiger partial charge in [0.05, 0.1) is 0 Å². The summed E-state index contributed by atoms with van der Waals surface area (Å²) in [6.07, 6.45) is 23.7. The SMILES string of the molecule is CC(C)(C)OC(=O)N[C@H](C(=O)O)C1CCCCC1.CC(C)(C)OC(=O)N[C@H](C(=O)OC1CCCC1)C1CCCCC1.Cl.N[C@H](C(=O)OC1CCCC1)C1CCCCC1. The van der Waals surface area contributed by atoms with Crippen molar-refractivity contribution < 1.29 is 48.0 Å². The van der Waals surface area contributed by atoms with Crippen molar-refractivity contribution in [1.29, 1.82) is 0 Å². The third-order valence-electron chi connectivity index (χ3n) is 11.7. The van der Waals surface area contributed by atoms with Gasteiger partial charge < -0.3 is 40.4 Å². The van der Waals surface area contributed by atoms with Crippen LogP contribution in [0.2, 0.25) is 0 Å². The van der Waals surface area contributed by atoms with E-state index in [-0.39, 0.29) is 54.4 Å². The summed E-state index contributed by atoms with van der Waals surface area (Å²) in [5.41, 5.74) is 4.81. The van der Waals surface area contributed by atoms with Crippen LogP contribution in [0.25, 0.3) is 0 Å². The smallest absolute Gasteiger partial charge is 0.408 e. The Labute approximate surface area is 354 Å². The van der Waals surface area contributed by atoms with Gasteiger partial charge in [-0.25, -0.2) is 19.2 Å². The lowest BCUT2D eigenvalue weighted by atomic mass is 9.84. The van der Waals surface area contributed by atoms with Crippen LogP contribution in [0.3, 0.4) is 0 Å². The fraction of sp³-hybridized carbons (Fsp3) is 0.886. The van der Waals surface area contributed by atoms with Crippen molar-refractivity contribution in [2.24, 2.45) is 23.5 Å². The first-order chi connectivity index (χ1) is 26.9. The van der Waals surface area contributed by atoms with Crippen LogP contribution < -0.4 is 16.4 Å². The summed E-state index contributed by atoms with van der Waals surface area (Å²) in [4.78, 5) is 59.4. The number of carbonyl (C=O) groups is 5. The molecule has 0 unspecified atom stereocenters. The number of carbonyl (C=O) groups excluding carboxylic acids is 4. The number of amides is 2. The van der Waals surface area contributed by atoms with E-state index in [9.17, 15) is 29.1 Å². The molecule has 0 bridgehead atoms. The summed E-state index contributed by atoms with van der Waals surface area (Å²) in [5, 5.41) is 14.5. The lowest BCUT2D eigenvalue weighted by Gasteiger charge is -2.31.